The van der Waals surface area contributed by atoms with Crippen molar-refractivity contribution in [3.8, 4) is 17.4 Å². The fourth-order valence-electron chi connectivity index (χ4n) is 2.09. The molecule has 8 heteroatoms. The third-order valence-electron chi connectivity index (χ3n) is 3.37. The number of benzene rings is 1. The van der Waals surface area contributed by atoms with Crippen LogP contribution in [0.15, 0.2) is 42.6 Å². The van der Waals surface area contributed by atoms with Crippen LogP contribution in [-0.2, 0) is 11.2 Å². The van der Waals surface area contributed by atoms with Crippen molar-refractivity contribution in [3.63, 3.8) is 0 Å². The van der Waals surface area contributed by atoms with Gasteiger partial charge in [0.05, 0.1) is 12.6 Å². The number of rotatable bonds is 7. The third-order valence-corrected chi connectivity index (χ3v) is 3.37. The molecule has 0 aliphatic heterocycles. The van der Waals surface area contributed by atoms with Gasteiger partial charge in [-0.25, -0.2) is 9.78 Å². The highest BCUT2D eigenvalue weighted by atomic mass is 16.6. The molecular formula is C18H21N3O5. The van der Waals surface area contributed by atoms with Crippen LogP contribution in [0, 0.1) is 0 Å². The van der Waals surface area contributed by atoms with Crippen molar-refractivity contribution in [2.24, 2.45) is 5.73 Å². The number of nitrogens with two attached hydrogens (primary N) is 1. The van der Waals surface area contributed by atoms with Crippen LogP contribution in [0.3, 0.4) is 0 Å². The van der Waals surface area contributed by atoms with Gasteiger partial charge in [0, 0.05) is 12.3 Å². The second-order valence-electron chi connectivity index (χ2n) is 5.49. The number of amides is 2. The van der Waals surface area contributed by atoms with Crippen molar-refractivity contribution in [3.05, 3.63) is 48.2 Å². The molecule has 1 aromatic heterocycles. The van der Waals surface area contributed by atoms with Crippen molar-refractivity contribution in [2.75, 3.05) is 6.61 Å². The maximum atomic E-state index is 12.0. The molecule has 0 saturated carbocycles. The number of carbonyl (C=O) groups is 2. The lowest BCUT2D eigenvalue weighted by molar-refractivity contribution is -0.121. The number of aromatic hydroxyl groups is 1. The zero-order chi connectivity index (χ0) is 18.9. The van der Waals surface area contributed by atoms with Gasteiger partial charge in [0.15, 0.2) is 5.75 Å². The van der Waals surface area contributed by atoms with Crippen LogP contribution in [0.1, 0.15) is 18.9 Å². The van der Waals surface area contributed by atoms with Crippen LogP contribution in [0.5, 0.6) is 17.4 Å². The van der Waals surface area contributed by atoms with Gasteiger partial charge in [0.1, 0.15) is 0 Å². The number of imide groups is 1. The number of ether oxygens (including phenoxy) is 2. The highest BCUT2D eigenvalue weighted by Crippen LogP contribution is 2.33. The molecule has 1 heterocycles. The summed E-state index contributed by atoms with van der Waals surface area (Å²) in [4.78, 5) is 27.6. The Morgan fingerprint density at radius 1 is 1.27 bits per heavy atom. The average Bonchev–Trinajstić information content (AvgIpc) is 2.63. The van der Waals surface area contributed by atoms with E-state index >= 15 is 0 Å². The molecular weight excluding hydrogens is 338 g/mol. The average molecular weight is 359 g/mol. The van der Waals surface area contributed by atoms with E-state index in [0.717, 1.165) is 12.0 Å². The zero-order valence-corrected chi connectivity index (χ0v) is 14.3. The largest absolute Gasteiger partial charge is 0.501 e. The highest BCUT2D eigenvalue weighted by molar-refractivity contribution is 5.95. The molecule has 1 atom stereocenters. The van der Waals surface area contributed by atoms with E-state index in [9.17, 15) is 14.7 Å². The second kappa shape index (κ2) is 9.38. The maximum absolute atomic E-state index is 12.0. The first-order chi connectivity index (χ1) is 12.5. The Balaban J connectivity index is 1.92. The first-order valence-electron chi connectivity index (χ1n) is 8.14. The van der Waals surface area contributed by atoms with Crippen molar-refractivity contribution in [1.29, 1.82) is 0 Å². The fraction of sp³-hybridized carbons (Fsp3) is 0.278. The summed E-state index contributed by atoms with van der Waals surface area (Å²) in [5.41, 5.74) is 6.66. The quantitative estimate of drug-likeness (QED) is 0.688. The predicted octanol–water partition coefficient (Wildman–Crippen LogP) is 1.76. The van der Waals surface area contributed by atoms with Crippen molar-refractivity contribution in [1.82, 2.24) is 10.3 Å². The number of pyridine rings is 1. The monoisotopic (exact) mass is 359 g/mol. The highest BCUT2D eigenvalue weighted by Gasteiger charge is 2.20. The van der Waals surface area contributed by atoms with Gasteiger partial charge in [0.2, 0.25) is 11.7 Å². The van der Waals surface area contributed by atoms with E-state index in [2.05, 4.69) is 4.98 Å². The van der Waals surface area contributed by atoms with Crippen molar-refractivity contribution >= 4 is 12.0 Å². The van der Waals surface area contributed by atoms with E-state index in [0.29, 0.717) is 6.61 Å². The Morgan fingerprint density at radius 2 is 2.00 bits per heavy atom. The predicted molar refractivity (Wildman–Crippen MR) is 94.0 cm³/mol. The lowest BCUT2D eigenvalue weighted by atomic mass is 10.1. The summed E-state index contributed by atoms with van der Waals surface area (Å²) in [6, 6.07) is 9.68. The van der Waals surface area contributed by atoms with Gasteiger partial charge in [-0.2, -0.15) is 0 Å². The van der Waals surface area contributed by atoms with E-state index in [4.69, 9.17) is 15.2 Å². The minimum atomic E-state index is -1.09. The first kappa shape index (κ1) is 19.2. The Hall–Kier alpha value is -3.13. The van der Waals surface area contributed by atoms with E-state index in [1.165, 1.54) is 12.3 Å². The van der Waals surface area contributed by atoms with Gasteiger partial charge in [-0.1, -0.05) is 37.3 Å². The molecule has 0 bridgehead atoms. The fourth-order valence-corrected chi connectivity index (χ4v) is 2.09. The number of hydrogen-bond acceptors (Lipinski definition) is 7. The maximum Gasteiger partial charge on any atom is 0.420 e. The van der Waals surface area contributed by atoms with Gasteiger partial charge in [-0.3, -0.25) is 10.1 Å². The van der Waals surface area contributed by atoms with Crippen molar-refractivity contribution in [2.45, 2.75) is 25.8 Å². The number of nitrogens with zero attached hydrogens (tertiary/aromatic N) is 1. The van der Waals surface area contributed by atoms with Gasteiger partial charge in [-0.15, -0.1) is 0 Å². The molecule has 2 rings (SSSR count). The molecule has 0 aliphatic rings. The van der Waals surface area contributed by atoms with Gasteiger partial charge < -0.3 is 20.3 Å². The molecule has 1 aromatic carbocycles. The molecule has 8 nitrogen and oxygen atoms in total. The molecule has 0 saturated heterocycles. The summed E-state index contributed by atoms with van der Waals surface area (Å²) in [6.45, 7) is 2.30. The topological polar surface area (TPSA) is 124 Å². The van der Waals surface area contributed by atoms with E-state index in [1.54, 1.807) is 0 Å². The third kappa shape index (κ3) is 5.45. The standard InChI is InChI=1S/C18H21N3O5/c1-2-10-25-14-8-9-20-17(15(14)22)26-18(24)21-16(23)13(19)11-12-6-4-3-5-7-12/h3-9,13,22H,2,10-11,19H2,1H3,(H,21,23,24)/t13-/m0/s1. The summed E-state index contributed by atoms with van der Waals surface area (Å²) in [6.07, 6.45) is 1.24. The summed E-state index contributed by atoms with van der Waals surface area (Å²) in [5.74, 6) is -1.34. The van der Waals surface area contributed by atoms with Gasteiger partial charge in [-0.05, 0) is 18.4 Å². The minimum Gasteiger partial charge on any atom is -0.501 e. The zero-order valence-electron chi connectivity index (χ0n) is 14.3. The molecule has 0 unspecified atom stereocenters. The molecule has 2 amide bonds. The Labute approximate surface area is 150 Å². The summed E-state index contributed by atoms with van der Waals surface area (Å²) in [7, 11) is 0. The van der Waals surface area contributed by atoms with Crippen LogP contribution in [0.4, 0.5) is 4.79 Å². The number of nitrogens with one attached hydrogen (secondary N) is 1. The van der Waals surface area contributed by atoms with E-state index in [-0.39, 0.29) is 18.1 Å². The Morgan fingerprint density at radius 3 is 2.69 bits per heavy atom. The molecule has 0 spiro atoms. The minimum absolute atomic E-state index is 0.136. The summed E-state index contributed by atoms with van der Waals surface area (Å²) < 4.78 is 10.2. The molecule has 4 N–H and O–H groups in total. The first-order valence-corrected chi connectivity index (χ1v) is 8.14. The number of hydrogen-bond donors (Lipinski definition) is 3. The summed E-state index contributed by atoms with van der Waals surface area (Å²) in [5, 5.41) is 12.0. The normalized spacial score (nSPS) is 11.5. The van der Waals surface area contributed by atoms with Gasteiger partial charge >= 0.3 is 6.09 Å². The SMILES string of the molecule is CCCOc1ccnc(OC(=O)NC(=O)[C@@H](N)Cc2ccccc2)c1O. The number of aromatic nitrogens is 1. The smallest absolute Gasteiger partial charge is 0.420 e. The number of carbonyl (C=O) groups excluding carboxylic acids is 2. The van der Waals surface area contributed by atoms with Gasteiger partial charge in [0.25, 0.3) is 5.88 Å². The lowest BCUT2D eigenvalue weighted by Crippen LogP contribution is -2.45. The van der Waals surface area contributed by atoms with Crippen LogP contribution in [0.2, 0.25) is 0 Å². The molecule has 138 valence electrons. The molecule has 0 radical (unpaired) electrons. The molecule has 26 heavy (non-hydrogen) atoms. The lowest BCUT2D eigenvalue weighted by Gasteiger charge is -2.12. The molecule has 2 aromatic rings. The molecule has 0 fully saturated rings. The Kier molecular flexibility index (Phi) is 6.92. The van der Waals surface area contributed by atoms with Crippen LogP contribution in [-0.4, -0.2) is 34.7 Å². The van der Waals surface area contributed by atoms with Crippen LogP contribution < -0.4 is 20.5 Å². The summed E-state index contributed by atoms with van der Waals surface area (Å²) >= 11 is 0. The van der Waals surface area contributed by atoms with Crippen LogP contribution >= 0.6 is 0 Å². The van der Waals surface area contributed by atoms with E-state index in [1.807, 2.05) is 42.6 Å². The van der Waals surface area contributed by atoms with E-state index < -0.39 is 23.8 Å². The van der Waals surface area contributed by atoms with Crippen LogP contribution in [0.25, 0.3) is 0 Å². The van der Waals surface area contributed by atoms with Crippen molar-refractivity contribution < 1.29 is 24.2 Å². The molecule has 0 aliphatic carbocycles. The Bertz CT molecular complexity index is 752. The second-order valence-corrected chi connectivity index (χ2v) is 5.49.